The van der Waals surface area contributed by atoms with E-state index in [9.17, 15) is 9.59 Å². The zero-order valence-corrected chi connectivity index (χ0v) is 13.5. The minimum Gasteiger partial charge on any atom is -0.339 e. The summed E-state index contributed by atoms with van der Waals surface area (Å²) in [5, 5.41) is 2.89. The number of fused-ring (bicyclic) bond motifs is 1. The summed E-state index contributed by atoms with van der Waals surface area (Å²) < 4.78 is 0. The number of anilines is 1. The summed E-state index contributed by atoms with van der Waals surface area (Å²) in [6.45, 7) is 5.60. The van der Waals surface area contributed by atoms with E-state index < -0.39 is 0 Å². The van der Waals surface area contributed by atoms with Crippen LogP contribution in [0.3, 0.4) is 0 Å². The lowest BCUT2D eigenvalue weighted by molar-refractivity contribution is -0.115. The summed E-state index contributed by atoms with van der Waals surface area (Å²) in [4.78, 5) is 27.1. The number of carbonyl (C=O) groups is 2. The molecule has 0 fully saturated rings. The second-order valence-corrected chi connectivity index (χ2v) is 6.23. The molecule has 4 nitrogen and oxygen atoms in total. The maximum absolute atomic E-state index is 12.5. The predicted octanol–water partition coefficient (Wildman–Crippen LogP) is 3.38. The molecule has 2 amide bonds. The molecule has 0 radical (unpaired) electrons. The van der Waals surface area contributed by atoms with Gasteiger partial charge in [-0.3, -0.25) is 9.59 Å². The molecule has 0 spiro atoms. The molecule has 1 aromatic rings. The fraction of sp³-hybridized carbons (Fsp3) is 0.500. The van der Waals surface area contributed by atoms with E-state index in [4.69, 9.17) is 0 Å². The number of rotatable bonds is 5. The maximum Gasteiger partial charge on any atom is 0.253 e. The lowest BCUT2D eigenvalue weighted by Gasteiger charge is -2.21. The number of thioether (sulfide) groups is 1. The first-order chi connectivity index (χ1) is 10.2. The number of hydrogen-bond acceptors (Lipinski definition) is 3. The van der Waals surface area contributed by atoms with Crippen molar-refractivity contribution in [2.75, 3.05) is 24.2 Å². The van der Waals surface area contributed by atoms with Gasteiger partial charge in [-0.1, -0.05) is 13.3 Å². The van der Waals surface area contributed by atoms with Crippen LogP contribution in [0.15, 0.2) is 23.1 Å². The van der Waals surface area contributed by atoms with Crippen LogP contribution in [-0.2, 0) is 4.79 Å². The Balaban J connectivity index is 2.20. The first kappa shape index (κ1) is 15.9. The summed E-state index contributed by atoms with van der Waals surface area (Å²) in [6.07, 6.45) is 2.60. The smallest absolute Gasteiger partial charge is 0.253 e. The maximum atomic E-state index is 12.5. The van der Waals surface area contributed by atoms with Crippen molar-refractivity contribution in [3.63, 3.8) is 0 Å². The molecular formula is C16H22N2O2S. The van der Waals surface area contributed by atoms with Crippen molar-refractivity contribution in [2.24, 2.45) is 0 Å². The molecule has 0 aliphatic carbocycles. The second kappa shape index (κ2) is 7.50. The van der Waals surface area contributed by atoms with Crippen LogP contribution in [0.25, 0.3) is 0 Å². The highest BCUT2D eigenvalue weighted by Gasteiger charge is 2.18. The third-order valence-corrected chi connectivity index (χ3v) is 4.61. The number of nitrogens with one attached hydrogen (secondary N) is 1. The Morgan fingerprint density at radius 1 is 1.38 bits per heavy atom. The molecule has 1 heterocycles. The highest BCUT2D eigenvalue weighted by atomic mass is 32.2. The van der Waals surface area contributed by atoms with Crippen LogP contribution >= 0.6 is 11.8 Å². The summed E-state index contributed by atoms with van der Waals surface area (Å²) in [7, 11) is 0. The van der Waals surface area contributed by atoms with Crippen molar-refractivity contribution in [1.82, 2.24) is 4.90 Å². The van der Waals surface area contributed by atoms with Gasteiger partial charge in [0.1, 0.15) is 0 Å². The van der Waals surface area contributed by atoms with Gasteiger partial charge in [-0.25, -0.2) is 0 Å². The van der Waals surface area contributed by atoms with Gasteiger partial charge in [-0.15, -0.1) is 11.8 Å². The number of unbranched alkanes of at least 4 members (excludes halogenated alkanes) is 1. The second-order valence-electron chi connectivity index (χ2n) is 5.10. The van der Waals surface area contributed by atoms with Gasteiger partial charge in [0.25, 0.3) is 5.91 Å². The van der Waals surface area contributed by atoms with Gasteiger partial charge in [-0.2, -0.15) is 0 Å². The first-order valence-electron chi connectivity index (χ1n) is 7.51. The highest BCUT2D eigenvalue weighted by Crippen LogP contribution is 2.31. The van der Waals surface area contributed by atoms with E-state index in [1.54, 1.807) is 11.8 Å². The van der Waals surface area contributed by atoms with E-state index in [0.717, 1.165) is 35.7 Å². The van der Waals surface area contributed by atoms with Gasteiger partial charge in [0.05, 0.1) is 5.69 Å². The van der Waals surface area contributed by atoms with E-state index in [1.165, 1.54) is 0 Å². The molecule has 114 valence electrons. The molecule has 1 aliphatic rings. The highest BCUT2D eigenvalue weighted by molar-refractivity contribution is 7.99. The Kier molecular flexibility index (Phi) is 5.67. The van der Waals surface area contributed by atoms with Crippen LogP contribution in [0.2, 0.25) is 0 Å². The van der Waals surface area contributed by atoms with Crippen LogP contribution in [0, 0.1) is 0 Å². The van der Waals surface area contributed by atoms with Gasteiger partial charge in [0.15, 0.2) is 0 Å². The SMILES string of the molecule is CCCCN(CC)C(=O)c1ccc2c(c1)NC(=O)CCS2. The average molecular weight is 306 g/mol. The summed E-state index contributed by atoms with van der Waals surface area (Å²) in [5.41, 5.74) is 1.41. The summed E-state index contributed by atoms with van der Waals surface area (Å²) in [6, 6.07) is 5.61. The first-order valence-corrected chi connectivity index (χ1v) is 8.50. The van der Waals surface area contributed by atoms with E-state index >= 15 is 0 Å². The summed E-state index contributed by atoms with van der Waals surface area (Å²) >= 11 is 1.65. The zero-order chi connectivity index (χ0) is 15.2. The van der Waals surface area contributed by atoms with Gasteiger partial charge in [0, 0.05) is 35.7 Å². The fourth-order valence-electron chi connectivity index (χ4n) is 2.29. The molecule has 0 aromatic heterocycles. The molecule has 21 heavy (non-hydrogen) atoms. The third kappa shape index (κ3) is 4.00. The average Bonchev–Trinajstić information content (AvgIpc) is 2.67. The number of amides is 2. The molecule has 1 N–H and O–H groups in total. The number of benzene rings is 1. The number of nitrogens with zero attached hydrogens (tertiary/aromatic N) is 1. The van der Waals surface area contributed by atoms with Crippen LogP contribution in [0.4, 0.5) is 5.69 Å². The Bertz CT molecular complexity index is 531. The van der Waals surface area contributed by atoms with E-state index in [2.05, 4.69) is 12.2 Å². The van der Waals surface area contributed by atoms with Crippen molar-refractivity contribution < 1.29 is 9.59 Å². The van der Waals surface area contributed by atoms with Gasteiger partial charge < -0.3 is 10.2 Å². The lowest BCUT2D eigenvalue weighted by Crippen LogP contribution is -2.31. The van der Waals surface area contributed by atoms with Crippen molar-refractivity contribution in [1.29, 1.82) is 0 Å². The normalized spacial score (nSPS) is 14.1. The monoisotopic (exact) mass is 306 g/mol. The minimum atomic E-state index is 0.0178. The standard InChI is InChI=1S/C16H22N2O2S/c1-3-5-9-18(4-2)16(20)12-6-7-14-13(11-12)17-15(19)8-10-21-14/h6-7,11H,3-5,8-10H2,1-2H3,(H,17,19). The third-order valence-electron chi connectivity index (χ3n) is 3.54. The molecular weight excluding hydrogens is 284 g/mol. The van der Waals surface area contributed by atoms with Gasteiger partial charge >= 0.3 is 0 Å². The van der Waals surface area contributed by atoms with Crippen LogP contribution in [0.5, 0.6) is 0 Å². The molecule has 5 heteroatoms. The molecule has 0 bridgehead atoms. The number of carbonyl (C=O) groups excluding carboxylic acids is 2. The Labute approximate surface area is 130 Å². The van der Waals surface area contributed by atoms with E-state index in [0.29, 0.717) is 18.5 Å². The van der Waals surface area contributed by atoms with Gasteiger partial charge in [0.2, 0.25) is 5.91 Å². The van der Waals surface area contributed by atoms with Crippen molar-refractivity contribution >= 4 is 29.3 Å². The van der Waals surface area contributed by atoms with Crippen molar-refractivity contribution in [2.45, 2.75) is 38.0 Å². The van der Waals surface area contributed by atoms with Crippen LogP contribution in [0.1, 0.15) is 43.5 Å². The van der Waals surface area contributed by atoms with Gasteiger partial charge in [-0.05, 0) is 31.5 Å². The molecule has 0 saturated carbocycles. The molecule has 0 unspecified atom stereocenters. The summed E-state index contributed by atoms with van der Waals surface area (Å²) in [5.74, 6) is 0.838. The topological polar surface area (TPSA) is 49.4 Å². The predicted molar refractivity (Wildman–Crippen MR) is 86.9 cm³/mol. The quantitative estimate of drug-likeness (QED) is 0.907. The minimum absolute atomic E-state index is 0.0178. The Hall–Kier alpha value is -1.49. The Morgan fingerprint density at radius 3 is 2.90 bits per heavy atom. The van der Waals surface area contributed by atoms with E-state index in [-0.39, 0.29) is 11.8 Å². The lowest BCUT2D eigenvalue weighted by atomic mass is 10.1. The molecule has 1 aliphatic heterocycles. The number of hydrogen-bond donors (Lipinski definition) is 1. The molecule has 2 rings (SSSR count). The fourth-order valence-corrected chi connectivity index (χ4v) is 3.22. The molecule has 0 atom stereocenters. The molecule has 1 aromatic carbocycles. The Morgan fingerprint density at radius 2 is 2.19 bits per heavy atom. The zero-order valence-electron chi connectivity index (χ0n) is 12.6. The van der Waals surface area contributed by atoms with Crippen molar-refractivity contribution in [3.05, 3.63) is 23.8 Å². The molecule has 0 saturated heterocycles. The van der Waals surface area contributed by atoms with Crippen LogP contribution < -0.4 is 5.32 Å². The largest absolute Gasteiger partial charge is 0.339 e. The van der Waals surface area contributed by atoms with Crippen LogP contribution in [-0.4, -0.2) is 35.6 Å². The van der Waals surface area contributed by atoms with E-state index in [1.807, 2.05) is 30.0 Å². The van der Waals surface area contributed by atoms with Crippen molar-refractivity contribution in [3.8, 4) is 0 Å².